The highest BCUT2D eigenvalue weighted by atomic mass is 32.1. The number of ether oxygens (including phenoxy) is 2. The number of esters is 2. The molecule has 8 heteroatoms. The monoisotopic (exact) mass is 407 g/mol. The summed E-state index contributed by atoms with van der Waals surface area (Å²) in [7, 11) is 1.34. The van der Waals surface area contributed by atoms with Crippen molar-refractivity contribution in [1.29, 1.82) is 0 Å². The summed E-state index contributed by atoms with van der Waals surface area (Å²) in [4.78, 5) is 33.6. The molecule has 0 spiro atoms. The van der Waals surface area contributed by atoms with E-state index in [0.717, 1.165) is 18.7 Å². The van der Waals surface area contributed by atoms with Crippen molar-refractivity contribution < 1.29 is 19.1 Å². The second-order valence-electron chi connectivity index (χ2n) is 7.47. The quantitative estimate of drug-likeness (QED) is 0.514. The van der Waals surface area contributed by atoms with E-state index in [1.54, 1.807) is 11.3 Å². The van der Waals surface area contributed by atoms with Gasteiger partial charge in [0.2, 0.25) is 0 Å². The van der Waals surface area contributed by atoms with Crippen molar-refractivity contribution in [3.05, 3.63) is 38.6 Å². The van der Waals surface area contributed by atoms with Gasteiger partial charge in [0.1, 0.15) is 11.3 Å². The number of thiazole rings is 1. The van der Waals surface area contributed by atoms with Gasteiger partial charge in [-0.3, -0.25) is 0 Å². The van der Waals surface area contributed by atoms with Crippen LogP contribution in [-0.4, -0.2) is 41.2 Å². The molecule has 2 aromatic rings. The highest BCUT2D eigenvalue weighted by molar-refractivity contribution is 7.09. The summed E-state index contributed by atoms with van der Waals surface area (Å²) in [6, 6.07) is 0. The fourth-order valence-electron chi connectivity index (χ4n) is 2.92. The first-order valence-corrected chi connectivity index (χ1v) is 10.2. The van der Waals surface area contributed by atoms with E-state index in [2.05, 4.69) is 15.3 Å². The van der Waals surface area contributed by atoms with Gasteiger partial charge in [0, 0.05) is 23.7 Å². The zero-order chi connectivity index (χ0) is 20.9. The second-order valence-corrected chi connectivity index (χ2v) is 8.41. The van der Waals surface area contributed by atoms with E-state index < -0.39 is 17.5 Å². The normalized spacial score (nSPS) is 11.5. The predicted molar refractivity (Wildman–Crippen MR) is 109 cm³/mol. The lowest BCUT2D eigenvalue weighted by Gasteiger charge is -2.19. The summed E-state index contributed by atoms with van der Waals surface area (Å²) in [5, 5.41) is 3.33. The summed E-state index contributed by atoms with van der Waals surface area (Å²) in [5.41, 5.74) is 4.24. The number of hydrogen-bond acceptors (Lipinski definition) is 7. The van der Waals surface area contributed by atoms with Crippen molar-refractivity contribution in [3.63, 3.8) is 0 Å². The van der Waals surface area contributed by atoms with Crippen LogP contribution in [0.4, 0.5) is 0 Å². The zero-order valence-electron chi connectivity index (χ0n) is 17.4. The molecular formula is C20H29N3O4S. The Morgan fingerprint density at radius 3 is 2.54 bits per heavy atom. The fourth-order valence-corrected chi connectivity index (χ4v) is 3.70. The Labute approximate surface area is 169 Å². The van der Waals surface area contributed by atoms with E-state index >= 15 is 0 Å². The molecule has 28 heavy (non-hydrogen) atoms. The maximum Gasteiger partial charge on any atom is 0.355 e. The molecule has 0 fully saturated rings. The summed E-state index contributed by atoms with van der Waals surface area (Å²) in [6.07, 6.45) is 1.36. The van der Waals surface area contributed by atoms with Crippen LogP contribution in [0, 0.1) is 6.92 Å². The van der Waals surface area contributed by atoms with Gasteiger partial charge in [-0.25, -0.2) is 14.6 Å². The summed E-state index contributed by atoms with van der Waals surface area (Å²) in [6.45, 7) is 10.5. The molecule has 0 amide bonds. The van der Waals surface area contributed by atoms with Crippen LogP contribution < -0.4 is 5.32 Å². The standard InChI is InChI=1S/C20H29N3O4S/c1-7-13-16(18(24)26-6)14(23-17(13)19(25)27-20(3,4)5)10-21-9-8-15-12(2)22-11-28-15/h11,21,23H,7-10H2,1-6H3. The van der Waals surface area contributed by atoms with Crippen molar-refractivity contribution in [1.82, 2.24) is 15.3 Å². The molecule has 0 radical (unpaired) electrons. The molecule has 0 aromatic carbocycles. The Morgan fingerprint density at radius 2 is 2.00 bits per heavy atom. The van der Waals surface area contributed by atoms with E-state index in [1.165, 1.54) is 12.0 Å². The first kappa shape index (κ1) is 22.1. The topological polar surface area (TPSA) is 93.3 Å². The highest BCUT2D eigenvalue weighted by Gasteiger charge is 2.28. The number of carbonyl (C=O) groups is 2. The van der Waals surface area contributed by atoms with Gasteiger partial charge in [0.05, 0.1) is 23.9 Å². The van der Waals surface area contributed by atoms with Crippen LogP contribution in [0.1, 0.15) is 70.4 Å². The molecule has 154 valence electrons. The maximum atomic E-state index is 12.6. The van der Waals surface area contributed by atoms with Crippen LogP contribution in [0.15, 0.2) is 5.51 Å². The fraction of sp³-hybridized carbons (Fsp3) is 0.550. The highest BCUT2D eigenvalue weighted by Crippen LogP contribution is 2.24. The minimum Gasteiger partial charge on any atom is -0.465 e. The molecule has 0 saturated heterocycles. The van der Waals surface area contributed by atoms with Crippen LogP contribution in [0.5, 0.6) is 0 Å². The number of H-pyrrole nitrogens is 1. The zero-order valence-corrected chi connectivity index (χ0v) is 18.2. The first-order valence-electron chi connectivity index (χ1n) is 9.33. The van der Waals surface area contributed by atoms with Gasteiger partial charge in [-0.05, 0) is 46.1 Å². The Kier molecular flexibility index (Phi) is 7.37. The molecule has 2 rings (SSSR count). The molecule has 0 aliphatic heterocycles. The van der Waals surface area contributed by atoms with E-state index in [4.69, 9.17) is 9.47 Å². The van der Waals surface area contributed by atoms with Crippen LogP contribution in [0.25, 0.3) is 0 Å². The van der Waals surface area contributed by atoms with Crippen LogP contribution in [-0.2, 0) is 28.9 Å². The number of nitrogens with zero attached hydrogens (tertiary/aromatic N) is 1. The van der Waals surface area contributed by atoms with E-state index in [9.17, 15) is 9.59 Å². The van der Waals surface area contributed by atoms with Crippen LogP contribution >= 0.6 is 11.3 Å². The first-order chi connectivity index (χ1) is 13.2. The lowest BCUT2D eigenvalue weighted by Crippen LogP contribution is -2.24. The molecule has 0 bridgehead atoms. The lowest BCUT2D eigenvalue weighted by molar-refractivity contribution is 0.00622. The third-order valence-corrected chi connectivity index (χ3v) is 5.20. The van der Waals surface area contributed by atoms with Gasteiger partial charge < -0.3 is 19.8 Å². The Morgan fingerprint density at radius 1 is 1.29 bits per heavy atom. The second kappa shape index (κ2) is 9.34. The number of aromatic amines is 1. The average Bonchev–Trinajstić information content (AvgIpc) is 3.19. The number of methoxy groups -OCH3 is 1. The van der Waals surface area contributed by atoms with Crippen LogP contribution in [0.3, 0.4) is 0 Å². The number of hydrogen-bond donors (Lipinski definition) is 2. The van der Waals surface area contributed by atoms with Gasteiger partial charge in [-0.1, -0.05) is 6.92 Å². The van der Waals surface area contributed by atoms with Gasteiger partial charge in [0.25, 0.3) is 0 Å². The Balaban J connectivity index is 2.20. The van der Waals surface area contributed by atoms with Crippen molar-refractivity contribution in [2.45, 2.75) is 59.6 Å². The van der Waals surface area contributed by atoms with Crippen molar-refractivity contribution in [3.8, 4) is 0 Å². The third kappa shape index (κ3) is 5.42. The average molecular weight is 408 g/mol. The van der Waals surface area contributed by atoms with Gasteiger partial charge in [0.15, 0.2) is 0 Å². The van der Waals surface area contributed by atoms with Gasteiger partial charge in [-0.15, -0.1) is 11.3 Å². The largest absolute Gasteiger partial charge is 0.465 e. The van der Waals surface area contributed by atoms with Crippen LogP contribution in [0.2, 0.25) is 0 Å². The SMILES string of the molecule is CCc1c(C(=O)OC(C)(C)C)[nH]c(CNCCc2scnc2C)c1C(=O)OC. The number of aromatic nitrogens is 2. The Bertz CT molecular complexity index is 833. The molecule has 7 nitrogen and oxygen atoms in total. The molecule has 0 aliphatic rings. The van der Waals surface area contributed by atoms with E-state index in [0.29, 0.717) is 35.5 Å². The smallest absolute Gasteiger partial charge is 0.355 e. The molecule has 0 unspecified atom stereocenters. The third-order valence-electron chi connectivity index (χ3n) is 4.20. The molecule has 2 aromatic heterocycles. The van der Waals surface area contributed by atoms with Crippen molar-refractivity contribution in [2.75, 3.05) is 13.7 Å². The van der Waals surface area contributed by atoms with E-state index in [-0.39, 0.29) is 0 Å². The molecule has 0 saturated carbocycles. The summed E-state index contributed by atoms with van der Waals surface area (Å²) < 4.78 is 10.4. The summed E-state index contributed by atoms with van der Waals surface area (Å²) >= 11 is 1.63. The van der Waals surface area contributed by atoms with Gasteiger partial charge >= 0.3 is 11.9 Å². The number of nitrogens with one attached hydrogen (secondary N) is 2. The number of rotatable bonds is 8. The predicted octanol–water partition coefficient (Wildman–Crippen LogP) is 3.42. The Hall–Kier alpha value is -2.19. The van der Waals surface area contributed by atoms with Crippen molar-refractivity contribution >= 4 is 23.3 Å². The minimum absolute atomic E-state index is 0.313. The van der Waals surface area contributed by atoms with Crippen molar-refractivity contribution in [2.24, 2.45) is 0 Å². The van der Waals surface area contributed by atoms with E-state index in [1.807, 2.05) is 40.1 Å². The number of carbonyl (C=O) groups excluding carboxylic acids is 2. The molecule has 0 aliphatic carbocycles. The molecular weight excluding hydrogens is 378 g/mol. The lowest BCUT2D eigenvalue weighted by atomic mass is 10.1. The molecule has 2 heterocycles. The van der Waals surface area contributed by atoms with Gasteiger partial charge in [-0.2, -0.15) is 0 Å². The molecule has 2 N–H and O–H groups in total. The summed E-state index contributed by atoms with van der Waals surface area (Å²) in [5.74, 6) is -0.931. The minimum atomic E-state index is -0.621. The number of aryl methyl sites for hydroxylation is 1. The molecule has 0 atom stereocenters. The maximum absolute atomic E-state index is 12.6.